The molecule has 0 bridgehead atoms. The van der Waals surface area contributed by atoms with E-state index < -0.39 is 0 Å². The number of morpholine rings is 1. The molecule has 1 fully saturated rings. The number of rotatable bonds is 3. The zero-order chi connectivity index (χ0) is 16.5. The Bertz CT molecular complexity index is 744. The van der Waals surface area contributed by atoms with Crippen LogP contribution in [0.3, 0.4) is 0 Å². The van der Waals surface area contributed by atoms with Crippen molar-refractivity contribution in [3.63, 3.8) is 0 Å². The Kier molecular flexibility index (Phi) is 3.93. The van der Waals surface area contributed by atoms with Crippen LogP contribution in [0.25, 0.3) is 0 Å². The van der Waals surface area contributed by atoms with E-state index in [0.717, 1.165) is 12.2 Å². The normalized spacial score (nSPS) is 22.6. The number of ether oxygens (including phenoxy) is 1. The van der Waals surface area contributed by atoms with Crippen LogP contribution in [0, 0.1) is 0 Å². The summed E-state index contributed by atoms with van der Waals surface area (Å²) in [5.41, 5.74) is 2.75. The summed E-state index contributed by atoms with van der Waals surface area (Å²) in [4.78, 5) is 14.3. The summed E-state index contributed by atoms with van der Waals surface area (Å²) in [5.74, 6) is 1.18. The molecule has 7 nitrogen and oxygen atoms in total. The highest BCUT2D eigenvalue weighted by Crippen LogP contribution is 2.34. The molecular weight excluding hydrogens is 306 g/mol. The molecule has 126 valence electrons. The maximum Gasteiger partial charge on any atom is 0.317 e. The fourth-order valence-electron chi connectivity index (χ4n) is 3.44. The van der Waals surface area contributed by atoms with Crippen molar-refractivity contribution in [3.05, 3.63) is 47.5 Å². The van der Waals surface area contributed by atoms with Crippen LogP contribution in [0.2, 0.25) is 0 Å². The fourth-order valence-corrected chi connectivity index (χ4v) is 3.44. The molecular formula is C17H21N5O2. The van der Waals surface area contributed by atoms with Crippen molar-refractivity contribution < 1.29 is 9.53 Å². The summed E-state index contributed by atoms with van der Waals surface area (Å²) in [7, 11) is 1.88. The number of urea groups is 1. The first kappa shape index (κ1) is 15.1. The van der Waals surface area contributed by atoms with Crippen LogP contribution in [0.15, 0.2) is 30.6 Å². The predicted molar refractivity (Wildman–Crippen MR) is 87.6 cm³/mol. The number of nitrogens with zero attached hydrogens (tertiary/aromatic N) is 4. The smallest absolute Gasteiger partial charge is 0.317 e. The maximum atomic E-state index is 12.5. The molecule has 24 heavy (non-hydrogen) atoms. The number of fused-ring (bicyclic) bond motifs is 1. The summed E-state index contributed by atoms with van der Waals surface area (Å²) >= 11 is 0. The van der Waals surface area contributed by atoms with Crippen LogP contribution >= 0.6 is 0 Å². The topological polar surface area (TPSA) is 72.3 Å². The van der Waals surface area contributed by atoms with Crippen LogP contribution in [-0.4, -0.2) is 51.9 Å². The zero-order valence-electron chi connectivity index (χ0n) is 13.7. The second-order valence-corrected chi connectivity index (χ2v) is 6.39. The van der Waals surface area contributed by atoms with Gasteiger partial charge in [-0.3, -0.25) is 0 Å². The minimum Gasteiger partial charge on any atom is -0.366 e. The first-order chi connectivity index (χ1) is 11.7. The van der Waals surface area contributed by atoms with E-state index in [1.807, 2.05) is 11.6 Å². The number of hydrogen-bond donors (Lipinski definition) is 1. The van der Waals surface area contributed by atoms with Gasteiger partial charge in [0.15, 0.2) is 5.82 Å². The third kappa shape index (κ3) is 2.75. The predicted octanol–water partition coefficient (Wildman–Crippen LogP) is 1.24. The molecule has 0 saturated carbocycles. The summed E-state index contributed by atoms with van der Waals surface area (Å²) in [6, 6.07) is 8.39. The Morgan fingerprint density at radius 3 is 3.08 bits per heavy atom. The molecule has 2 aromatic rings. The number of aromatic nitrogens is 3. The molecule has 1 saturated heterocycles. The lowest BCUT2D eigenvalue weighted by atomic mass is 9.78. The van der Waals surface area contributed by atoms with Crippen molar-refractivity contribution in [1.29, 1.82) is 0 Å². The van der Waals surface area contributed by atoms with Crippen molar-refractivity contribution in [2.45, 2.75) is 18.4 Å². The highest BCUT2D eigenvalue weighted by atomic mass is 16.5. The molecule has 1 aliphatic heterocycles. The number of carbonyl (C=O) groups excluding carboxylic acids is 1. The minimum absolute atomic E-state index is 0.0325. The second-order valence-electron chi connectivity index (χ2n) is 6.39. The number of carbonyl (C=O) groups is 1. The van der Waals surface area contributed by atoms with Crippen LogP contribution in [0.4, 0.5) is 4.79 Å². The van der Waals surface area contributed by atoms with E-state index in [1.165, 1.54) is 11.1 Å². The standard InChI is InChI=1S/C17H21N5O2/c1-21-11-19-20-16(21)15-10-22(6-7-24-15)17(23)18-9-13-8-12-4-2-3-5-14(12)13/h2-5,11,13,15H,6-10H2,1H3,(H,18,23)/t13-,15+/m0/s1. The third-order valence-corrected chi connectivity index (χ3v) is 4.85. The van der Waals surface area contributed by atoms with Crippen molar-refractivity contribution in [3.8, 4) is 0 Å². The first-order valence-electron chi connectivity index (χ1n) is 8.28. The Labute approximate surface area is 140 Å². The Hall–Kier alpha value is -2.41. The average Bonchev–Trinajstić information content (AvgIpc) is 3.02. The van der Waals surface area contributed by atoms with Crippen molar-refractivity contribution in [2.24, 2.45) is 7.05 Å². The van der Waals surface area contributed by atoms with Crippen molar-refractivity contribution in [1.82, 2.24) is 25.0 Å². The van der Waals surface area contributed by atoms with Gasteiger partial charge < -0.3 is 19.5 Å². The lowest BCUT2D eigenvalue weighted by Crippen LogP contribution is -2.48. The second kappa shape index (κ2) is 6.24. The van der Waals surface area contributed by atoms with Gasteiger partial charge in [-0.25, -0.2) is 4.79 Å². The van der Waals surface area contributed by atoms with Gasteiger partial charge in [-0.1, -0.05) is 24.3 Å². The highest BCUT2D eigenvalue weighted by molar-refractivity contribution is 5.74. The Morgan fingerprint density at radius 1 is 1.42 bits per heavy atom. The lowest BCUT2D eigenvalue weighted by molar-refractivity contribution is -0.0214. The Morgan fingerprint density at radius 2 is 2.29 bits per heavy atom. The number of hydrogen-bond acceptors (Lipinski definition) is 4. The van der Waals surface area contributed by atoms with E-state index in [0.29, 0.717) is 32.2 Å². The molecule has 1 aromatic heterocycles. The molecule has 1 aliphatic carbocycles. The molecule has 2 aliphatic rings. The molecule has 2 heterocycles. The lowest BCUT2D eigenvalue weighted by Gasteiger charge is -2.34. The summed E-state index contributed by atoms with van der Waals surface area (Å²) in [5, 5.41) is 11.0. The SMILES string of the molecule is Cn1cnnc1[C@H]1CN(C(=O)NC[C@@H]2Cc3ccccc32)CCO1. The molecule has 7 heteroatoms. The van der Waals surface area contributed by atoms with Crippen LogP contribution in [0.5, 0.6) is 0 Å². The largest absolute Gasteiger partial charge is 0.366 e. The third-order valence-electron chi connectivity index (χ3n) is 4.85. The van der Waals surface area contributed by atoms with Crippen LogP contribution in [0.1, 0.15) is 29.0 Å². The zero-order valence-corrected chi connectivity index (χ0v) is 13.7. The van der Waals surface area contributed by atoms with E-state index in [1.54, 1.807) is 11.2 Å². The number of amides is 2. The Balaban J connectivity index is 1.33. The van der Waals surface area contributed by atoms with E-state index >= 15 is 0 Å². The van der Waals surface area contributed by atoms with E-state index in [9.17, 15) is 4.79 Å². The van der Waals surface area contributed by atoms with Gasteiger partial charge in [0.25, 0.3) is 0 Å². The molecule has 2 atom stereocenters. The van der Waals surface area contributed by atoms with Gasteiger partial charge in [-0.05, 0) is 17.5 Å². The molecule has 1 N–H and O–H groups in total. The number of nitrogens with one attached hydrogen (secondary N) is 1. The van der Waals surface area contributed by atoms with E-state index in [2.05, 4.69) is 39.8 Å². The fraction of sp³-hybridized carbons (Fsp3) is 0.471. The van der Waals surface area contributed by atoms with Gasteiger partial charge in [0.05, 0.1) is 13.2 Å². The number of benzene rings is 1. The minimum atomic E-state index is -0.221. The molecule has 1 aromatic carbocycles. The van der Waals surface area contributed by atoms with Gasteiger partial charge >= 0.3 is 6.03 Å². The number of aryl methyl sites for hydroxylation is 1. The summed E-state index contributed by atoms with van der Waals surface area (Å²) < 4.78 is 7.57. The molecule has 0 radical (unpaired) electrons. The van der Waals surface area contributed by atoms with Gasteiger partial charge in [-0.15, -0.1) is 10.2 Å². The molecule has 0 spiro atoms. The monoisotopic (exact) mass is 327 g/mol. The molecule has 2 amide bonds. The van der Waals surface area contributed by atoms with Crippen molar-refractivity contribution in [2.75, 3.05) is 26.2 Å². The first-order valence-corrected chi connectivity index (χ1v) is 8.28. The molecule has 4 rings (SSSR count). The summed E-state index contributed by atoms with van der Waals surface area (Å²) in [6.07, 6.45) is 2.47. The quantitative estimate of drug-likeness (QED) is 0.920. The van der Waals surface area contributed by atoms with Crippen molar-refractivity contribution >= 4 is 6.03 Å². The van der Waals surface area contributed by atoms with Gasteiger partial charge in [0, 0.05) is 26.1 Å². The van der Waals surface area contributed by atoms with Gasteiger partial charge in [0.1, 0.15) is 12.4 Å². The van der Waals surface area contributed by atoms with Gasteiger partial charge in [-0.2, -0.15) is 0 Å². The molecule has 0 unspecified atom stereocenters. The average molecular weight is 327 g/mol. The van der Waals surface area contributed by atoms with Crippen LogP contribution < -0.4 is 5.32 Å². The van der Waals surface area contributed by atoms with Crippen LogP contribution in [-0.2, 0) is 18.2 Å². The highest BCUT2D eigenvalue weighted by Gasteiger charge is 2.30. The van der Waals surface area contributed by atoms with E-state index in [-0.39, 0.29) is 12.1 Å². The maximum absolute atomic E-state index is 12.5. The van der Waals surface area contributed by atoms with E-state index in [4.69, 9.17) is 4.74 Å². The summed E-state index contributed by atoms with van der Waals surface area (Å²) in [6.45, 7) is 2.29. The van der Waals surface area contributed by atoms with Gasteiger partial charge in [0.2, 0.25) is 0 Å².